The number of hydrogen-bond acceptors (Lipinski definition) is 3. The molecular weight excluding hydrogens is 398 g/mol. The van der Waals surface area contributed by atoms with Crippen LogP contribution < -0.4 is 9.62 Å². The van der Waals surface area contributed by atoms with Crippen LogP contribution in [0.1, 0.15) is 52.1 Å². The third-order valence-corrected chi connectivity index (χ3v) is 7.30. The van der Waals surface area contributed by atoms with Gasteiger partial charge in [0.05, 0.1) is 15.7 Å². The highest BCUT2D eigenvalue weighted by molar-refractivity contribution is 9.10. The van der Waals surface area contributed by atoms with Crippen molar-refractivity contribution in [3.05, 3.63) is 28.2 Å². The topological polar surface area (TPSA) is 35.6 Å². The summed E-state index contributed by atoms with van der Waals surface area (Å²) in [6, 6.07) is 7.13. The van der Waals surface area contributed by atoms with E-state index in [1.807, 2.05) is 20.8 Å². The Kier molecular flexibility index (Phi) is 7.10. The number of rotatable bonds is 5. The standard InChI is InChI=1S/C19H32BrN3OS/c1-14(21-25(24)19(2,3)4)17-8-7-16(13-18(17)20)23(6)15-9-11-22(5)12-10-15/h7-8,13-15,21H,9-12H2,1-6H3/t14-,25-/m1/s1. The minimum absolute atomic E-state index is 0.0251. The van der Waals surface area contributed by atoms with Crippen LogP contribution >= 0.6 is 15.9 Å². The Morgan fingerprint density at radius 2 is 1.92 bits per heavy atom. The Balaban J connectivity index is 2.08. The van der Waals surface area contributed by atoms with Crippen LogP contribution in [0.3, 0.4) is 0 Å². The molecule has 1 saturated heterocycles. The summed E-state index contributed by atoms with van der Waals surface area (Å²) in [6.45, 7) is 10.3. The number of nitrogens with zero attached hydrogens (tertiary/aromatic N) is 2. The zero-order valence-corrected chi connectivity index (χ0v) is 18.7. The van der Waals surface area contributed by atoms with Gasteiger partial charge in [0.25, 0.3) is 0 Å². The number of anilines is 1. The third kappa shape index (κ3) is 5.52. The van der Waals surface area contributed by atoms with E-state index in [0.29, 0.717) is 6.04 Å². The van der Waals surface area contributed by atoms with Crippen LogP contribution in [-0.4, -0.2) is 47.1 Å². The van der Waals surface area contributed by atoms with Gasteiger partial charge < -0.3 is 9.80 Å². The largest absolute Gasteiger partial charge is 0.371 e. The molecule has 1 aliphatic rings. The molecule has 1 aliphatic heterocycles. The van der Waals surface area contributed by atoms with Crippen molar-refractivity contribution in [3.8, 4) is 0 Å². The van der Waals surface area contributed by atoms with Gasteiger partial charge in [0.2, 0.25) is 0 Å². The first-order valence-electron chi connectivity index (χ1n) is 8.98. The van der Waals surface area contributed by atoms with Gasteiger partial charge in [-0.05, 0) is 78.4 Å². The SMILES string of the molecule is C[C@@H](N[S@](=O)C(C)(C)C)c1ccc(N(C)C2CCN(C)CC2)cc1Br. The number of likely N-dealkylation sites (tertiary alicyclic amines) is 1. The van der Waals surface area contributed by atoms with Gasteiger partial charge >= 0.3 is 0 Å². The molecule has 0 aliphatic carbocycles. The lowest BCUT2D eigenvalue weighted by atomic mass is 10.0. The Morgan fingerprint density at radius 1 is 1.32 bits per heavy atom. The first-order valence-corrected chi connectivity index (χ1v) is 10.9. The van der Waals surface area contributed by atoms with Crippen LogP contribution in [0.2, 0.25) is 0 Å². The van der Waals surface area contributed by atoms with E-state index in [4.69, 9.17) is 0 Å². The molecule has 0 spiro atoms. The maximum Gasteiger partial charge on any atom is 0.0975 e. The summed E-state index contributed by atoms with van der Waals surface area (Å²) in [4.78, 5) is 4.79. The fraction of sp³-hybridized carbons (Fsp3) is 0.684. The van der Waals surface area contributed by atoms with E-state index >= 15 is 0 Å². The minimum Gasteiger partial charge on any atom is -0.371 e. The molecule has 1 aromatic rings. The lowest BCUT2D eigenvalue weighted by Gasteiger charge is -2.36. The predicted molar refractivity (Wildman–Crippen MR) is 113 cm³/mol. The normalized spacial score (nSPS) is 19.6. The van der Waals surface area contributed by atoms with E-state index < -0.39 is 11.0 Å². The Bertz CT molecular complexity index is 609. The van der Waals surface area contributed by atoms with Crippen molar-refractivity contribution in [2.24, 2.45) is 0 Å². The molecule has 25 heavy (non-hydrogen) atoms. The molecular formula is C19H32BrN3OS. The molecule has 1 aromatic carbocycles. The van der Waals surface area contributed by atoms with Crippen LogP contribution in [0.4, 0.5) is 5.69 Å². The number of nitrogens with one attached hydrogen (secondary N) is 1. The number of piperidine rings is 1. The lowest BCUT2D eigenvalue weighted by molar-refractivity contribution is 0.253. The predicted octanol–water partition coefficient (Wildman–Crippen LogP) is 4.09. The second-order valence-electron chi connectivity index (χ2n) is 8.07. The highest BCUT2D eigenvalue weighted by atomic mass is 79.9. The van der Waals surface area contributed by atoms with Gasteiger partial charge in [0.15, 0.2) is 0 Å². The summed E-state index contributed by atoms with van der Waals surface area (Å²) in [5, 5.41) is 0. The molecule has 2 atom stereocenters. The summed E-state index contributed by atoms with van der Waals surface area (Å²) >= 11 is 3.72. The summed E-state index contributed by atoms with van der Waals surface area (Å²) < 4.78 is 16.4. The van der Waals surface area contributed by atoms with Crippen LogP contribution in [0, 0.1) is 0 Å². The quantitative estimate of drug-likeness (QED) is 0.764. The summed E-state index contributed by atoms with van der Waals surface area (Å²) in [6.07, 6.45) is 2.41. The van der Waals surface area contributed by atoms with Gasteiger partial charge in [-0.25, -0.2) is 8.93 Å². The average molecular weight is 430 g/mol. The molecule has 0 radical (unpaired) electrons. The van der Waals surface area contributed by atoms with Crippen LogP contribution in [0.5, 0.6) is 0 Å². The molecule has 1 N–H and O–H groups in total. The van der Waals surface area contributed by atoms with Gasteiger partial charge in [-0.1, -0.05) is 22.0 Å². The van der Waals surface area contributed by atoms with Crippen molar-refractivity contribution in [2.75, 3.05) is 32.1 Å². The van der Waals surface area contributed by atoms with Crippen LogP contribution in [0.25, 0.3) is 0 Å². The van der Waals surface area contributed by atoms with Crippen molar-refractivity contribution in [3.63, 3.8) is 0 Å². The molecule has 0 bridgehead atoms. The summed E-state index contributed by atoms with van der Waals surface area (Å²) in [5.74, 6) is 0. The first-order chi connectivity index (χ1) is 11.6. The Morgan fingerprint density at radius 3 is 2.44 bits per heavy atom. The molecule has 0 saturated carbocycles. The van der Waals surface area contributed by atoms with E-state index in [1.165, 1.54) is 18.5 Å². The van der Waals surface area contributed by atoms with Gasteiger partial charge in [-0.15, -0.1) is 0 Å². The maximum atomic E-state index is 12.3. The van der Waals surface area contributed by atoms with E-state index in [9.17, 15) is 4.21 Å². The second kappa shape index (κ2) is 8.51. The Hall–Kier alpha value is -0.430. The molecule has 1 fully saturated rings. The fourth-order valence-corrected chi connectivity index (χ4v) is 4.59. The molecule has 1 heterocycles. The average Bonchev–Trinajstić information content (AvgIpc) is 2.53. The van der Waals surface area contributed by atoms with Crippen molar-refractivity contribution in [1.29, 1.82) is 0 Å². The van der Waals surface area contributed by atoms with E-state index in [1.54, 1.807) is 0 Å². The summed E-state index contributed by atoms with van der Waals surface area (Å²) in [7, 11) is 3.30. The Labute approximate surface area is 164 Å². The number of hydrogen-bond donors (Lipinski definition) is 1. The zero-order chi connectivity index (χ0) is 18.8. The van der Waals surface area contributed by atoms with Gasteiger partial charge in [-0.2, -0.15) is 0 Å². The highest BCUT2D eigenvalue weighted by Crippen LogP contribution is 2.30. The monoisotopic (exact) mass is 429 g/mol. The fourth-order valence-electron chi connectivity index (χ4n) is 3.08. The molecule has 0 unspecified atom stereocenters. The minimum atomic E-state index is -1.08. The lowest BCUT2D eigenvalue weighted by Crippen LogP contribution is -2.42. The summed E-state index contributed by atoms with van der Waals surface area (Å²) in [5.41, 5.74) is 2.37. The third-order valence-electron chi connectivity index (χ3n) is 4.93. The first kappa shape index (κ1) is 20.9. The van der Waals surface area contributed by atoms with Gasteiger partial charge in [-0.3, -0.25) is 0 Å². The highest BCUT2D eigenvalue weighted by Gasteiger charge is 2.24. The molecule has 2 rings (SSSR count). The zero-order valence-electron chi connectivity index (χ0n) is 16.3. The van der Waals surface area contributed by atoms with E-state index in [-0.39, 0.29) is 10.8 Å². The van der Waals surface area contributed by atoms with Crippen LogP contribution in [-0.2, 0) is 11.0 Å². The maximum absolute atomic E-state index is 12.3. The van der Waals surface area contributed by atoms with Gasteiger partial charge in [0, 0.05) is 29.3 Å². The van der Waals surface area contributed by atoms with Crippen molar-refractivity contribution in [1.82, 2.24) is 9.62 Å². The van der Waals surface area contributed by atoms with E-state index in [2.05, 4.69) is 69.7 Å². The smallest absolute Gasteiger partial charge is 0.0975 e. The second-order valence-corrected chi connectivity index (χ2v) is 10.9. The molecule has 4 nitrogen and oxygen atoms in total. The molecule has 142 valence electrons. The van der Waals surface area contributed by atoms with Crippen molar-refractivity contribution >= 4 is 32.6 Å². The molecule has 6 heteroatoms. The van der Waals surface area contributed by atoms with Gasteiger partial charge in [0.1, 0.15) is 0 Å². The van der Waals surface area contributed by atoms with Crippen LogP contribution in [0.15, 0.2) is 22.7 Å². The number of halogens is 1. The van der Waals surface area contributed by atoms with E-state index in [0.717, 1.165) is 23.1 Å². The molecule has 0 aromatic heterocycles. The van der Waals surface area contributed by atoms with Crippen molar-refractivity contribution in [2.45, 2.75) is 57.4 Å². The number of benzene rings is 1. The molecule has 0 amide bonds. The van der Waals surface area contributed by atoms with Crippen molar-refractivity contribution < 1.29 is 4.21 Å².